The number of nitrogens with one attached hydrogen (secondary N) is 2. The van der Waals surface area contributed by atoms with E-state index in [1.807, 2.05) is 35.2 Å². The van der Waals surface area contributed by atoms with E-state index in [4.69, 9.17) is 0 Å². The molecule has 2 heterocycles. The SMILES string of the molecule is O=C(NCc1ccccc1)c1nc2c([nH]1)N=CN(Cc1ccc(F)cc1)C2. The molecule has 2 N–H and O–H groups in total. The van der Waals surface area contributed by atoms with Crippen LogP contribution in [-0.2, 0) is 19.6 Å². The number of hydrogen-bond acceptors (Lipinski definition) is 4. The van der Waals surface area contributed by atoms with Crippen LogP contribution >= 0.6 is 0 Å². The summed E-state index contributed by atoms with van der Waals surface area (Å²) in [6, 6.07) is 16.0. The van der Waals surface area contributed by atoms with Gasteiger partial charge in [0.1, 0.15) is 11.5 Å². The Morgan fingerprint density at radius 2 is 1.89 bits per heavy atom. The summed E-state index contributed by atoms with van der Waals surface area (Å²) in [4.78, 5) is 26.0. The van der Waals surface area contributed by atoms with Gasteiger partial charge in [-0.2, -0.15) is 0 Å². The standard InChI is InChI=1S/C20H18FN5O/c21-16-8-6-15(7-9-16)11-26-12-17-18(23-13-26)25-19(24-17)20(27)22-10-14-4-2-1-3-5-14/h1-9,13H,10-12H2,(H,22,27)(H,24,25). The number of rotatable bonds is 5. The van der Waals surface area contributed by atoms with E-state index in [-0.39, 0.29) is 17.5 Å². The quantitative estimate of drug-likeness (QED) is 0.731. The fourth-order valence-corrected chi connectivity index (χ4v) is 2.88. The number of carbonyl (C=O) groups excluding carboxylic acids is 1. The topological polar surface area (TPSA) is 73.4 Å². The molecule has 0 aliphatic carbocycles. The van der Waals surface area contributed by atoms with Gasteiger partial charge in [-0.05, 0) is 23.3 Å². The summed E-state index contributed by atoms with van der Waals surface area (Å²) in [5, 5.41) is 2.85. The molecule has 3 aromatic rings. The van der Waals surface area contributed by atoms with Crippen molar-refractivity contribution in [3.63, 3.8) is 0 Å². The number of carbonyl (C=O) groups is 1. The molecule has 0 spiro atoms. The minimum absolute atomic E-state index is 0.247. The molecule has 1 aliphatic heterocycles. The van der Waals surface area contributed by atoms with Crippen LogP contribution in [0.4, 0.5) is 10.2 Å². The molecule has 27 heavy (non-hydrogen) atoms. The lowest BCUT2D eigenvalue weighted by molar-refractivity contribution is 0.0941. The van der Waals surface area contributed by atoms with Crippen LogP contribution in [0.3, 0.4) is 0 Å². The van der Waals surface area contributed by atoms with Gasteiger partial charge < -0.3 is 15.2 Å². The molecular formula is C20H18FN5O. The van der Waals surface area contributed by atoms with Crippen molar-refractivity contribution in [3.8, 4) is 0 Å². The van der Waals surface area contributed by atoms with Crippen molar-refractivity contribution >= 4 is 18.1 Å². The molecule has 0 unspecified atom stereocenters. The van der Waals surface area contributed by atoms with Gasteiger partial charge >= 0.3 is 0 Å². The summed E-state index contributed by atoms with van der Waals surface area (Å²) in [6.07, 6.45) is 1.70. The second kappa shape index (κ2) is 7.41. The van der Waals surface area contributed by atoms with Crippen LogP contribution in [-0.4, -0.2) is 27.1 Å². The highest BCUT2D eigenvalue weighted by Crippen LogP contribution is 2.22. The highest BCUT2D eigenvalue weighted by Gasteiger charge is 2.20. The molecule has 0 saturated carbocycles. The Balaban J connectivity index is 1.39. The molecule has 1 aromatic heterocycles. The van der Waals surface area contributed by atoms with E-state index in [0.717, 1.165) is 11.1 Å². The van der Waals surface area contributed by atoms with Crippen molar-refractivity contribution in [1.29, 1.82) is 0 Å². The number of aromatic nitrogens is 2. The highest BCUT2D eigenvalue weighted by molar-refractivity contribution is 5.91. The van der Waals surface area contributed by atoms with Gasteiger partial charge in [0, 0.05) is 13.1 Å². The monoisotopic (exact) mass is 363 g/mol. The maximum atomic E-state index is 13.0. The molecular weight excluding hydrogens is 345 g/mol. The predicted molar refractivity (Wildman–Crippen MR) is 100.0 cm³/mol. The number of imidazole rings is 1. The molecule has 136 valence electrons. The molecule has 6 nitrogen and oxygen atoms in total. The lowest BCUT2D eigenvalue weighted by Crippen LogP contribution is -2.24. The van der Waals surface area contributed by atoms with Gasteiger partial charge in [0.25, 0.3) is 5.91 Å². The second-order valence-corrected chi connectivity index (χ2v) is 6.33. The van der Waals surface area contributed by atoms with Crippen molar-refractivity contribution in [3.05, 3.63) is 83.1 Å². The minimum Gasteiger partial charge on any atom is -0.352 e. The molecule has 0 atom stereocenters. The zero-order chi connectivity index (χ0) is 18.6. The molecule has 1 amide bonds. The molecule has 7 heteroatoms. The smallest absolute Gasteiger partial charge is 0.287 e. The third-order valence-electron chi connectivity index (χ3n) is 4.27. The first-order chi connectivity index (χ1) is 13.2. The second-order valence-electron chi connectivity index (χ2n) is 6.33. The van der Waals surface area contributed by atoms with E-state index < -0.39 is 0 Å². The van der Waals surface area contributed by atoms with E-state index in [1.165, 1.54) is 12.1 Å². The van der Waals surface area contributed by atoms with Gasteiger partial charge in [0.05, 0.1) is 12.9 Å². The molecule has 2 aromatic carbocycles. The van der Waals surface area contributed by atoms with E-state index >= 15 is 0 Å². The average Bonchev–Trinajstić information content (AvgIpc) is 3.12. The predicted octanol–water partition coefficient (Wildman–Crippen LogP) is 3.15. The lowest BCUT2D eigenvalue weighted by Gasteiger charge is -2.21. The van der Waals surface area contributed by atoms with Crippen LogP contribution in [0.5, 0.6) is 0 Å². The fourth-order valence-electron chi connectivity index (χ4n) is 2.88. The van der Waals surface area contributed by atoms with E-state index in [2.05, 4.69) is 20.3 Å². The number of aromatic amines is 1. The summed E-state index contributed by atoms with van der Waals surface area (Å²) in [7, 11) is 0. The van der Waals surface area contributed by atoms with Gasteiger partial charge in [-0.25, -0.2) is 14.4 Å². The Morgan fingerprint density at radius 1 is 1.11 bits per heavy atom. The van der Waals surface area contributed by atoms with Crippen molar-refractivity contribution in [2.24, 2.45) is 4.99 Å². The normalized spacial score (nSPS) is 12.7. The number of halogens is 1. The third kappa shape index (κ3) is 4.03. The maximum Gasteiger partial charge on any atom is 0.287 e. The van der Waals surface area contributed by atoms with Crippen LogP contribution in [0.25, 0.3) is 0 Å². The van der Waals surface area contributed by atoms with Gasteiger partial charge in [0.15, 0.2) is 11.6 Å². The van der Waals surface area contributed by atoms with Gasteiger partial charge in [-0.1, -0.05) is 42.5 Å². The zero-order valence-corrected chi connectivity index (χ0v) is 14.5. The summed E-state index contributed by atoms with van der Waals surface area (Å²) in [5.41, 5.74) is 2.71. The van der Waals surface area contributed by atoms with Gasteiger partial charge in [-0.3, -0.25) is 4.79 Å². The minimum atomic E-state index is -0.270. The number of hydrogen-bond donors (Lipinski definition) is 2. The Kier molecular flexibility index (Phi) is 4.65. The van der Waals surface area contributed by atoms with Crippen LogP contribution in [0.15, 0.2) is 59.6 Å². The van der Waals surface area contributed by atoms with E-state index in [9.17, 15) is 9.18 Å². The van der Waals surface area contributed by atoms with Crippen LogP contribution < -0.4 is 5.32 Å². The summed E-state index contributed by atoms with van der Waals surface area (Å²) in [5.74, 6) is 0.312. The summed E-state index contributed by atoms with van der Waals surface area (Å²) < 4.78 is 13.0. The number of benzene rings is 2. The van der Waals surface area contributed by atoms with Gasteiger partial charge in [-0.15, -0.1) is 0 Å². The Hall–Kier alpha value is -3.48. The highest BCUT2D eigenvalue weighted by atomic mass is 19.1. The largest absolute Gasteiger partial charge is 0.352 e. The number of amides is 1. The lowest BCUT2D eigenvalue weighted by atomic mass is 10.2. The molecule has 1 aliphatic rings. The summed E-state index contributed by atoms with van der Waals surface area (Å²) in [6.45, 7) is 1.55. The molecule has 4 rings (SSSR count). The summed E-state index contributed by atoms with van der Waals surface area (Å²) >= 11 is 0. The Bertz CT molecular complexity index is 966. The number of aliphatic imine (C=N–C) groups is 1. The molecule has 0 radical (unpaired) electrons. The van der Waals surface area contributed by atoms with Crippen LogP contribution in [0, 0.1) is 5.82 Å². The molecule has 0 fully saturated rings. The zero-order valence-electron chi connectivity index (χ0n) is 14.5. The van der Waals surface area contributed by atoms with E-state index in [0.29, 0.717) is 31.1 Å². The first kappa shape index (κ1) is 17.0. The first-order valence-electron chi connectivity index (χ1n) is 8.61. The van der Waals surface area contributed by atoms with Crippen molar-refractivity contribution < 1.29 is 9.18 Å². The average molecular weight is 363 g/mol. The van der Waals surface area contributed by atoms with Crippen molar-refractivity contribution in [2.75, 3.05) is 0 Å². The van der Waals surface area contributed by atoms with Gasteiger partial charge in [0.2, 0.25) is 0 Å². The van der Waals surface area contributed by atoms with E-state index in [1.54, 1.807) is 18.5 Å². The number of nitrogens with zero attached hydrogens (tertiary/aromatic N) is 3. The Labute approximate surface area is 155 Å². The van der Waals surface area contributed by atoms with Crippen molar-refractivity contribution in [2.45, 2.75) is 19.6 Å². The molecule has 0 saturated heterocycles. The number of H-pyrrole nitrogens is 1. The van der Waals surface area contributed by atoms with Crippen molar-refractivity contribution in [1.82, 2.24) is 20.2 Å². The fraction of sp³-hybridized carbons (Fsp3) is 0.150. The Morgan fingerprint density at radius 3 is 2.67 bits per heavy atom. The van der Waals surface area contributed by atoms with Crippen LogP contribution in [0.2, 0.25) is 0 Å². The van der Waals surface area contributed by atoms with Crippen LogP contribution in [0.1, 0.15) is 27.4 Å². The molecule has 0 bridgehead atoms. The first-order valence-corrected chi connectivity index (χ1v) is 8.61. The maximum absolute atomic E-state index is 13.0. The number of fused-ring (bicyclic) bond motifs is 1. The third-order valence-corrected chi connectivity index (χ3v) is 4.27.